The summed E-state index contributed by atoms with van der Waals surface area (Å²) in [7, 11) is 2.10. The van der Waals surface area contributed by atoms with Gasteiger partial charge < -0.3 is 14.7 Å². The number of hydrogen-bond donors (Lipinski definition) is 1. The molecular formula is C12H25NO2. The molecule has 1 saturated heterocycles. The Labute approximate surface area is 93.4 Å². The fraction of sp³-hybridized carbons (Fsp3) is 1.00. The molecule has 1 unspecified atom stereocenters. The summed E-state index contributed by atoms with van der Waals surface area (Å²) in [5.41, 5.74) is -0.519. The van der Waals surface area contributed by atoms with Crippen molar-refractivity contribution in [2.24, 2.45) is 0 Å². The standard InChI is InChI=1S/C12H25NO2/c1-4-5-11(2)13(3)10-12(14)6-8-15-9-7-12/h11,14H,4-10H2,1-3H3. The van der Waals surface area contributed by atoms with Gasteiger partial charge in [-0.2, -0.15) is 0 Å². The lowest BCUT2D eigenvalue weighted by Crippen LogP contribution is -2.47. The van der Waals surface area contributed by atoms with Gasteiger partial charge in [-0.15, -0.1) is 0 Å². The monoisotopic (exact) mass is 215 g/mol. The Hall–Kier alpha value is -0.120. The van der Waals surface area contributed by atoms with Crippen LogP contribution in [0.2, 0.25) is 0 Å². The second-order valence-corrected chi connectivity index (χ2v) is 4.89. The lowest BCUT2D eigenvalue weighted by atomic mass is 9.93. The van der Waals surface area contributed by atoms with Crippen molar-refractivity contribution in [2.45, 2.75) is 51.2 Å². The number of rotatable bonds is 5. The Balaban J connectivity index is 2.37. The van der Waals surface area contributed by atoms with E-state index in [2.05, 4.69) is 25.8 Å². The van der Waals surface area contributed by atoms with Crippen LogP contribution >= 0.6 is 0 Å². The average molecular weight is 215 g/mol. The number of likely N-dealkylation sites (N-methyl/N-ethyl adjacent to an activating group) is 1. The minimum atomic E-state index is -0.519. The predicted molar refractivity (Wildman–Crippen MR) is 62.0 cm³/mol. The SMILES string of the molecule is CCCC(C)N(C)CC1(O)CCOCC1. The van der Waals surface area contributed by atoms with Crippen LogP contribution in [0.25, 0.3) is 0 Å². The normalized spacial score (nSPS) is 23.0. The molecule has 0 spiro atoms. The molecule has 0 aromatic heterocycles. The van der Waals surface area contributed by atoms with E-state index in [1.807, 2.05) is 0 Å². The molecule has 0 radical (unpaired) electrons. The zero-order valence-electron chi connectivity index (χ0n) is 10.3. The summed E-state index contributed by atoms with van der Waals surface area (Å²) in [4.78, 5) is 2.27. The minimum Gasteiger partial charge on any atom is -0.388 e. The van der Waals surface area contributed by atoms with Crippen LogP contribution in [0.3, 0.4) is 0 Å². The lowest BCUT2D eigenvalue weighted by Gasteiger charge is -2.37. The molecule has 90 valence electrons. The summed E-state index contributed by atoms with van der Waals surface area (Å²) < 4.78 is 5.28. The van der Waals surface area contributed by atoms with Gasteiger partial charge in [-0.05, 0) is 20.4 Å². The first-order chi connectivity index (χ1) is 7.07. The Morgan fingerprint density at radius 3 is 2.53 bits per heavy atom. The van der Waals surface area contributed by atoms with E-state index in [4.69, 9.17) is 4.74 Å². The van der Waals surface area contributed by atoms with Crippen molar-refractivity contribution in [2.75, 3.05) is 26.8 Å². The van der Waals surface area contributed by atoms with E-state index in [0.29, 0.717) is 19.3 Å². The third-order valence-corrected chi connectivity index (χ3v) is 3.43. The van der Waals surface area contributed by atoms with Crippen molar-refractivity contribution in [3.63, 3.8) is 0 Å². The van der Waals surface area contributed by atoms with E-state index in [0.717, 1.165) is 19.4 Å². The molecule has 1 aliphatic rings. The molecule has 0 aromatic carbocycles. The van der Waals surface area contributed by atoms with Crippen LogP contribution in [0, 0.1) is 0 Å². The highest BCUT2D eigenvalue weighted by Crippen LogP contribution is 2.22. The van der Waals surface area contributed by atoms with Gasteiger partial charge >= 0.3 is 0 Å². The van der Waals surface area contributed by atoms with E-state index in [1.165, 1.54) is 12.8 Å². The highest BCUT2D eigenvalue weighted by Gasteiger charge is 2.31. The molecule has 0 amide bonds. The van der Waals surface area contributed by atoms with Crippen LogP contribution in [-0.2, 0) is 4.74 Å². The van der Waals surface area contributed by atoms with Crippen LogP contribution < -0.4 is 0 Å². The molecule has 1 aliphatic heterocycles. The second kappa shape index (κ2) is 5.83. The van der Waals surface area contributed by atoms with Crippen LogP contribution in [0.1, 0.15) is 39.5 Å². The smallest absolute Gasteiger partial charge is 0.0817 e. The molecular weight excluding hydrogens is 190 g/mol. The summed E-state index contributed by atoms with van der Waals surface area (Å²) in [6, 6.07) is 0.557. The highest BCUT2D eigenvalue weighted by atomic mass is 16.5. The fourth-order valence-electron chi connectivity index (χ4n) is 2.17. The summed E-state index contributed by atoms with van der Waals surface area (Å²) >= 11 is 0. The van der Waals surface area contributed by atoms with Gasteiger partial charge in [0.1, 0.15) is 0 Å². The average Bonchev–Trinajstić information content (AvgIpc) is 2.18. The van der Waals surface area contributed by atoms with E-state index >= 15 is 0 Å². The van der Waals surface area contributed by atoms with Crippen molar-refractivity contribution in [1.82, 2.24) is 4.90 Å². The molecule has 0 saturated carbocycles. The summed E-state index contributed by atoms with van der Waals surface area (Å²) in [6.07, 6.45) is 3.95. The Bertz CT molecular complexity index is 178. The Morgan fingerprint density at radius 1 is 1.40 bits per heavy atom. The maximum atomic E-state index is 10.3. The van der Waals surface area contributed by atoms with Crippen molar-refractivity contribution in [1.29, 1.82) is 0 Å². The van der Waals surface area contributed by atoms with Crippen LogP contribution in [0.4, 0.5) is 0 Å². The van der Waals surface area contributed by atoms with Gasteiger partial charge in [0.15, 0.2) is 0 Å². The lowest BCUT2D eigenvalue weighted by molar-refractivity contribution is -0.0809. The minimum absolute atomic E-state index is 0.519. The highest BCUT2D eigenvalue weighted by molar-refractivity contribution is 4.85. The maximum Gasteiger partial charge on any atom is 0.0817 e. The molecule has 3 nitrogen and oxygen atoms in total. The van der Waals surface area contributed by atoms with E-state index in [1.54, 1.807) is 0 Å². The largest absolute Gasteiger partial charge is 0.388 e. The first kappa shape index (κ1) is 12.9. The van der Waals surface area contributed by atoms with Gasteiger partial charge in [-0.3, -0.25) is 0 Å². The van der Waals surface area contributed by atoms with Crippen LogP contribution in [0.15, 0.2) is 0 Å². The number of hydrogen-bond acceptors (Lipinski definition) is 3. The predicted octanol–water partition coefficient (Wildman–Crippen LogP) is 1.65. The maximum absolute atomic E-state index is 10.3. The molecule has 0 aromatic rings. The Kier molecular flexibility index (Phi) is 5.03. The zero-order valence-corrected chi connectivity index (χ0v) is 10.3. The third kappa shape index (κ3) is 4.09. The fourth-order valence-corrected chi connectivity index (χ4v) is 2.17. The number of ether oxygens (including phenoxy) is 1. The van der Waals surface area contributed by atoms with Crippen LogP contribution in [0.5, 0.6) is 0 Å². The third-order valence-electron chi connectivity index (χ3n) is 3.43. The van der Waals surface area contributed by atoms with E-state index in [-0.39, 0.29) is 0 Å². The topological polar surface area (TPSA) is 32.7 Å². The molecule has 0 bridgehead atoms. The number of nitrogens with zero attached hydrogens (tertiary/aromatic N) is 1. The molecule has 1 N–H and O–H groups in total. The van der Waals surface area contributed by atoms with Gasteiger partial charge in [-0.1, -0.05) is 13.3 Å². The van der Waals surface area contributed by atoms with E-state index < -0.39 is 5.60 Å². The molecule has 15 heavy (non-hydrogen) atoms. The quantitative estimate of drug-likeness (QED) is 0.757. The molecule has 3 heteroatoms. The molecule has 1 heterocycles. The van der Waals surface area contributed by atoms with Crippen molar-refractivity contribution < 1.29 is 9.84 Å². The second-order valence-electron chi connectivity index (χ2n) is 4.89. The van der Waals surface area contributed by atoms with E-state index in [9.17, 15) is 5.11 Å². The summed E-state index contributed by atoms with van der Waals surface area (Å²) in [5.74, 6) is 0. The molecule has 1 fully saturated rings. The van der Waals surface area contributed by atoms with Gasteiger partial charge in [0.05, 0.1) is 5.60 Å². The van der Waals surface area contributed by atoms with Gasteiger partial charge in [-0.25, -0.2) is 0 Å². The van der Waals surface area contributed by atoms with Crippen molar-refractivity contribution in [3.8, 4) is 0 Å². The zero-order chi connectivity index (χ0) is 11.3. The van der Waals surface area contributed by atoms with Gasteiger partial charge in [0, 0.05) is 38.6 Å². The first-order valence-corrected chi connectivity index (χ1v) is 6.08. The van der Waals surface area contributed by atoms with Crippen molar-refractivity contribution >= 4 is 0 Å². The van der Waals surface area contributed by atoms with Gasteiger partial charge in [0.2, 0.25) is 0 Å². The molecule has 0 aliphatic carbocycles. The summed E-state index contributed by atoms with van der Waals surface area (Å²) in [5, 5.41) is 10.3. The first-order valence-electron chi connectivity index (χ1n) is 6.08. The Morgan fingerprint density at radius 2 is 2.00 bits per heavy atom. The molecule has 1 atom stereocenters. The van der Waals surface area contributed by atoms with Crippen molar-refractivity contribution in [3.05, 3.63) is 0 Å². The van der Waals surface area contributed by atoms with Crippen LogP contribution in [-0.4, -0.2) is 48.5 Å². The molecule has 1 rings (SSSR count). The summed E-state index contributed by atoms with van der Waals surface area (Å²) in [6.45, 7) is 6.61. The number of aliphatic hydroxyl groups is 1. The van der Waals surface area contributed by atoms with Gasteiger partial charge in [0.25, 0.3) is 0 Å².